The van der Waals surface area contributed by atoms with Gasteiger partial charge in [0.05, 0.1) is 25.4 Å². The van der Waals surface area contributed by atoms with Crippen LogP contribution in [-0.4, -0.2) is 27.5 Å². The summed E-state index contributed by atoms with van der Waals surface area (Å²) in [7, 11) is 0. The van der Waals surface area contributed by atoms with Crippen molar-refractivity contribution in [3.05, 3.63) is 77.6 Å². The average molecular weight is 334 g/mol. The fourth-order valence-electron chi connectivity index (χ4n) is 2.97. The Morgan fingerprint density at radius 1 is 1.16 bits per heavy atom. The minimum Gasteiger partial charge on any atom is -0.493 e. The van der Waals surface area contributed by atoms with E-state index in [1.165, 1.54) is 0 Å². The Morgan fingerprint density at radius 3 is 2.84 bits per heavy atom. The van der Waals surface area contributed by atoms with E-state index in [2.05, 4.69) is 15.6 Å². The number of hydrogen-bond acceptors (Lipinski definition) is 4. The smallest absolute Gasteiger partial charge is 0.273 e. The number of rotatable bonds is 4. The molecule has 0 bridgehead atoms. The summed E-state index contributed by atoms with van der Waals surface area (Å²) in [4.78, 5) is 12.5. The standard InChI is InChI=1S/C19H18N4O2/c24-19(20-16-10-11-25-18-9-5-4-8-15(16)18)17-13-23(22-21-17)12-14-6-2-1-3-7-14/h1-9,13,16H,10-12H2,(H,20,24). The van der Waals surface area contributed by atoms with Crippen LogP contribution in [0.2, 0.25) is 0 Å². The molecular weight excluding hydrogens is 316 g/mol. The Bertz CT molecular complexity index is 876. The molecule has 3 aromatic rings. The highest BCUT2D eigenvalue weighted by Gasteiger charge is 2.24. The van der Waals surface area contributed by atoms with Crippen LogP contribution >= 0.6 is 0 Å². The van der Waals surface area contributed by atoms with Gasteiger partial charge in [0.1, 0.15) is 5.75 Å². The van der Waals surface area contributed by atoms with Crippen molar-refractivity contribution in [3.63, 3.8) is 0 Å². The highest BCUT2D eigenvalue weighted by molar-refractivity contribution is 5.92. The lowest BCUT2D eigenvalue weighted by atomic mass is 10.0. The molecule has 1 aliphatic rings. The SMILES string of the molecule is O=C(NC1CCOc2ccccc21)c1cn(Cc2ccccc2)nn1. The molecule has 2 heterocycles. The lowest BCUT2D eigenvalue weighted by Gasteiger charge is -2.26. The first-order chi connectivity index (χ1) is 12.3. The molecule has 1 atom stereocenters. The number of nitrogens with zero attached hydrogens (tertiary/aromatic N) is 3. The second-order valence-electron chi connectivity index (χ2n) is 5.99. The molecular formula is C19H18N4O2. The van der Waals surface area contributed by atoms with E-state index in [0.717, 1.165) is 23.3 Å². The van der Waals surface area contributed by atoms with Gasteiger partial charge in [-0.1, -0.05) is 53.7 Å². The van der Waals surface area contributed by atoms with E-state index in [-0.39, 0.29) is 11.9 Å². The Hall–Kier alpha value is -3.15. The Kier molecular flexibility index (Phi) is 4.16. The third kappa shape index (κ3) is 3.38. The molecule has 0 fully saturated rings. The molecule has 0 spiro atoms. The van der Waals surface area contributed by atoms with E-state index in [0.29, 0.717) is 18.8 Å². The Labute approximate surface area is 145 Å². The van der Waals surface area contributed by atoms with Gasteiger partial charge in [-0.25, -0.2) is 4.68 Å². The highest BCUT2D eigenvalue weighted by Crippen LogP contribution is 2.31. The Morgan fingerprint density at radius 2 is 1.96 bits per heavy atom. The van der Waals surface area contributed by atoms with E-state index in [1.807, 2.05) is 54.6 Å². The van der Waals surface area contributed by atoms with Crippen molar-refractivity contribution >= 4 is 5.91 Å². The van der Waals surface area contributed by atoms with Crippen LogP contribution in [0.1, 0.15) is 34.1 Å². The lowest BCUT2D eigenvalue weighted by molar-refractivity contribution is 0.0919. The van der Waals surface area contributed by atoms with Gasteiger partial charge in [-0.3, -0.25) is 4.79 Å². The molecule has 25 heavy (non-hydrogen) atoms. The van der Waals surface area contributed by atoms with Crippen LogP contribution in [0.3, 0.4) is 0 Å². The van der Waals surface area contributed by atoms with Gasteiger partial charge in [-0.15, -0.1) is 5.10 Å². The maximum absolute atomic E-state index is 12.5. The number of hydrogen-bond donors (Lipinski definition) is 1. The number of carbonyl (C=O) groups excluding carboxylic acids is 1. The van der Waals surface area contributed by atoms with Gasteiger partial charge in [-0.05, 0) is 11.6 Å². The van der Waals surface area contributed by atoms with Gasteiger partial charge in [0, 0.05) is 12.0 Å². The molecule has 126 valence electrons. The van der Waals surface area contributed by atoms with Crippen molar-refractivity contribution in [3.8, 4) is 5.75 Å². The molecule has 6 heteroatoms. The van der Waals surface area contributed by atoms with Crippen LogP contribution in [0.4, 0.5) is 0 Å². The second kappa shape index (κ2) is 6.76. The summed E-state index contributed by atoms with van der Waals surface area (Å²) < 4.78 is 7.30. The van der Waals surface area contributed by atoms with Gasteiger partial charge in [0.2, 0.25) is 0 Å². The van der Waals surface area contributed by atoms with Crippen LogP contribution in [0, 0.1) is 0 Å². The summed E-state index contributed by atoms with van der Waals surface area (Å²) in [5, 5.41) is 11.1. The van der Waals surface area contributed by atoms with Gasteiger partial charge >= 0.3 is 0 Å². The first-order valence-electron chi connectivity index (χ1n) is 8.26. The van der Waals surface area contributed by atoms with Gasteiger partial charge in [0.25, 0.3) is 5.91 Å². The topological polar surface area (TPSA) is 69.0 Å². The lowest BCUT2D eigenvalue weighted by Crippen LogP contribution is -2.32. The molecule has 4 rings (SSSR count). The zero-order chi connectivity index (χ0) is 17.1. The second-order valence-corrected chi connectivity index (χ2v) is 5.99. The van der Waals surface area contributed by atoms with Gasteiger partial charge in [0.15, 0.2) is 5.69 Å². The Balaban J connectivity index is 1.46. The summed E-state index contributed by atoms with van der Waals surface area (Å²) in [5.41, 5.74) is 2.43. The van der Waals surface area contributed by atoms with Crippen molar-refractivity contribution in [1.82, 2.24) is 20.3 Å². The molecule has 0 radical (unpaired) electrons. The van der Waals surface area contributed by atoms with E-state index in [9.17, 15) is 4.79 Å². The van der Waals surface area contributed by atoms with E-state index < -0.39 is 0 Å². The first kappa shape index (κ1) is 15.4. The van der Waals surface area contributed by atoms with Gasteiger partial charge < -0.3 is 10.1 Å². The molecule has 1 aliphatic heterocycles. The number of aromatic nitrogens is 3. The minimum absolute atomic E-state index is 0.0725. The number of carbonyl (C=O) groups is 1. The number of benzene rings is 2. The number of fused-ring (bicyclic) bond motifs is 1. The van der Waals surface area contributed by atoms with E-state index in [4.69, 9.17) is 4.74 Å². The van der Waals surface area contributed by atoms with Crippen LogP contribution in [0.15, 0.2) is 60.8 Å². The summed E-state index contributed by atoms with van der Waals surface area (Å²) in [6, 6.07) is 17.6. The summed E-state index contributed by atoms with van der Waals surface area (Å²) >= 11 is 0. The number of amides is 1. The minimum atomic E-state index is -0.221. The number of para-hydroxylation sites is 1. The molecule has 1 N–H and O–H groups in total. The molecule has 2 aromatic carbocycles. The van der Waals surface area contributed by atoms with Crippen LogP contribution in [0.5, 0.6) is 5.75 Å². The molecule has 0 aliphatic carbocycles. The largest absolute Gasteiger partial charge is 0.493 e. The highest BCUT2D eigenvalue weighted by atomic mass is 16.5. The first-order valence-corrected chi connectivity index (χ1v) is 8.26. The van der Waals surface area contributed by atoms with E-state index in [1.54, 1.807) is 10.9 Å². The molecule has 1 amide bonds. The number of nitrogens with one attached hydrogen (secondary N) is 1. The van der Waals surface area contributed by atoms with Crippen LogP contribution in [0.25, 0.3) is 0 Å². The quantitative estimate of drug-likeness (QED) is 0.796. The molecule has 6 nitrogen and oxygen atoms in total. The maximum Gasteiger partial charge on any atom is 0.273 e. The van der Waals surface area contributed by atoms with Crippen molar-refractivity contribution in [2.24, 2.45) is 0 Å². The normalized spacial score (nSPS) is 15.9. The average Bonchev–Trinajstić information content (AvgIpc) is 3.11. The van der Waals surface area contributed by atoms with Crippen molar-refractivity contribution in [1.29, 1.82) is 0 Å². The predicted octanol–water partition coefficient (Wildman–Crippen LogP) is 2.58. The number of ether oxygens (including phenoxy) is 1. The van der Waals surface area contributed by atoms with Crippen molar-refractivity contribution in [2.45, 2.75) is 19.0 Å². The molecule has 1 aromatic heterocycles. The third-order valence-corrected chi connectivity index (χ3v) is 4.22. The van der Waals surface area contributed by atoms with Gasteiger partial charge in [-0.2, -0.15) is 0 Å². The van der Waals surface area contributed by atoms with Crippen LogP contribution in [-0.2, 0) is 6.54 Å². The zero-order valence-corrected chi connectivity index (χ0v) is 13.6. The third-order valence-electron chi connectivity index (χ3n) is 4.22. The predicted molar refractivity (Wildman–Crippen MR) is 92.3 cm³/mol. The molecule has 1 unspecified atom stereocenters. The fraction of sp³-hybridized carbons (Fsp3) is 0.211. The fourth-order valence-corrected chi connectivity index (χ4v) is 2.97. The molecule has 0 saturated carbocycles. The maximum atomic E-state index is 12.5. The summed E-state index contributed by atoms with van der Waals surface area (Å²) in [6.07, 6.45) is 2.41. The van der Waals surface area contributed by atoms with Crippen molar-refractivity contribution in [2.75, 3.05) is 6.61 Å². The van der Waals surface area contributed by atoms with E-state index >= 15 is 0 Å². The van der Waals surface area contributed by atoms with Crippen LogP contribution < -0.4 is 10.1 Å². The summed E-state index contributed by atoms with van der Waals surface area (Å²) in [5.74, 6) is 0.604. The zero-order valence-electron chi connectivity index (χ0n) is 13.6. The summed E-state index contributed by atoms with van der Waals surface area (Å²) in [6.45, 7) is 1.17. The van der Waals surface area contributed by atoms with Crippen molar-refractivity contribution < 1.29 is 9.53 Å². The molecule has 0 saturated heterocycles. The monoisotopic (exact) mass is 334 g/mol.